The predicted octanol–water partition coefficient (Wildman–Crippen LogP) is 1.65. The number of nitrogens with one attached hydrogen (secondary N) is 1. The molecule has 75 valence electrons. The standard InChI is InChI=1S/C12H11N2O/c15-9-12-8-11(13-14-12)7-6-10-4-2-1-3-5-10/h1-5,8H,6-7H2,(H,13,14). The molecule has 0 spiro atoms. The van der Waals surface area contributed by atoms with Crippen LogP contribution in [0.5, 0.6) is 0 Å². The van der Waals surface area contributed by atoms with Crippen LogP contribution in [-0.2, 0) is 17.6 Å². The van der Waals surface area contributed by atoms with Gasteiger partial charge in [0.25, 0.3) is 6.29 Å². The molecule has 2 rings (SSSR count). The van der Waals surface area contributed by atoms with E-state index in [1.54, 1.807) is 12.4 Å². The highest BCUT2D eigenvalue weighted by Crippen LogP contribution is 2.05. The molecule has 3 nitrogen and oxygen atoms in total. The summed E-state index contributed by atoms with van der Waals surface area (Å²) in [4.78, 5) is 10.3. The summed E-state index contributed by atoms with van der Waals surface area (Å²) in [5, 5.41) is 6.63. The fourth-order valence-electron chi connectivity index (χ4n) is 1.46. The summed E-state index contributed by atoms with van der Waals surface area (Å²) in [7, 11) is 0. The first-order valence-electron chi connectivity index (χ1n) is 4.85. The Labute approximate surface area is 88.1 Å². The smallest absolute Gasteiger partial charge is 0.252 e. The maximum Gasteiger partial charge on any atom is 0.252 e. The van der Waals surface area contributed by atoms with Crippen LogP contribution in [0.2, 0.25) is 0 Å². The van der Waals surface area contributed by atoms with Crippen molar-refractivity contribution in [2.24, 2.45) is 0 Å². The molecule has 15 heavy (non-hydrogen) atoms. The summed E-state index contributed by atoms with van der Waals surface area (Å²) in [5.74, 6) is 0. The van der Waals surface area contributed by atoms with Gasteiger partial charge in [-0.1, -0.05) is 30.3 Å². The molecule has 0 saturated heterocycles. The highest BCUT2D eigenvalue weighted by atomic mass is 16.1. The zero-order valence-corrected chi connectivity index (χ0v) is 8.23. The third-order valence-corrected chi connectivity index (χ3v) is 2.25. The van der Waals surface area contributed by atoms with Crippen LogP contribution in [0.1, 0.15) is 17.0 Å². The summed E-state index contributed by atoms with van der Waals surface area (Å²) in [6, 6.07) is 11.9. The van der Waals surface area contributed by atoms with Gasteiger partial charge >= 0.3 is 0 Å². The van der Waals surface area contributed by atoms with E-state index in [1.807, 2.05) is 18.2 Å². The number of aryl methyl sites for hydroxylation is 2. The monoisotopic (exact) mass is 199 g/mol. The lowest BCUT2D eigenvalue weighted by molar-refractivity contribution is 0.561. The molecule has 0 amide bonds. The molecule has 1 N–H and O–H groups in total. The van der Waals surface area contributed by atoms with Gasteiger partial charge in [0.1, 0.15) is 5.69 Å². The van der Waals surface area contributed by atoms with Crippen LogP contribution < -0.4 is 0 Å². The molecule has 1 aromatic carbocycles. The molecular formula is C12H11N2O. The maximum absolute atomic E-state index is 10.3. The summed E-state index contributed by atoms with van der Waals surface area (Å²) in [5.41, 5.74) is 2.59. The minimum absolute atomic E-state index is 0.415. The average Bonchev–Trinajstić information content (AvgIpc) is 2.76. The molecule has 0 saturated carbocycles. The lowest BCUT2D eigenvalue weighted by Crippen LogP contribution is -1.90. The summed E-state index contributed by atoms with van der Waals surface area (Å²) >= 11 is 0. The molecule has 0 aliphatic rings. The Balaban J connectivity index is 1.96. The number of hydrogen-bond acceptors (Lipinski definition) is 2. The molecule has 1 heterocycles. The summed E-state index contributed by atoms with van der Waals surface area (Å²) in [6.45, 7) is 0. The molecule has 0 atom stereocenters. The van der Waals surface area contributed by atoms with Crippen molar-refractivity contribution < 1.29 is 4.79 Å². The minimum Gasteiger partial charge on any atom is -0.283 e. The fourth-order valence-corrected chi connectivity index (χ4v) is 1.46. The summed E-state index contributed by atoms with van der Waals surface area (Å²) in [6.07, 6.45) is 3.55. The number of benzene rings is 1. The predicted molar refractivity (Wildman–Crippen MR) is 57.2 cm³/mol. The maximum atomic E-state index is 10.3. The molecule has 1 aromatic heterocycles. The Morgan fingerprint density at radius 2 is 2.00 bits per heavy atom. The van der Waals surface area contributed by atoms with Gasteiger partial charge < -0.3 is 0 Å². The van der Waals surface area contributed by atoms with Crippen LogP contribution in [0.15, 0.2) is 36.4 Å². The third-order valence-electron chi connectivity index (χ3n) is 2.25. The van der Waals surface area contributed by atoms with Crippen molar-refractivity contribution in [3.63, 3.8) is 0 Å². The average molecular weight is 199 g/mol. The third kappa shape index (κ3) is 2.53. The van der Waals surface area contributed by atoms with Gasteiger partial charge in [0.15, 0.2) is 0 Å². The molecule has 3 heteroatoms. The van der Waals surface area contributed by atoms with Gasteiger partial charge in [0.05, 0.1) is 5.69 Å². The van der Waals surface area contributed by atoms with Crippen molar-refractivity contribution in [1.29, 1.82) is 0 Å². The van der Waals surface area contributed by atoms with E-state index in [0.29, 0.717) is 5.69 Å². The summed E-state index contributed by atoms with van der Waals surface area (Å²) < 4.78 is 0. The van der Waals surface area contributed by atoms with Gasteiger partial charge in [-0.05, 0) is 24.5 Å². The second kappa shape index (κ2) is 4.55. The molecule has 0 unspecified atom stereocenters. The van der Waals surface area contributed by atoms with E-state index in [-0.39, 0.29) is 0 Å². The largest absolute Gasteiger partial charge is 0.283 e. The number of carbonyl (C=O) groups excluding carboxylic acids is 1. The van der Waals surface area contributed by atoms with Crippen molar-refractivity contribution in [3.8, 4) is 0 Å². The van der Waals surface area contributed by atoms with Gasteiger partial charge in [-0.15, -0.1) is 0 Å². The Hall–Kier alpha value is -1.90. The van der Waals surface area contributed by atoms with Crippen LogP contribution >= 0.6 is 0 Å². The molecule has 0 fully saturated rings. The van der Waals surface area contributed by atoms with E-state index >= 15 is 0 Å². The van der Waals surface area contributed by atoms with E-state index in [2.05, 4.69) is 22.3 Å². The van der Waals surface area contributed by atoms with Crippen molar-refractivity contribution in [3.05, 3.63) is 53.3 Å². The van der Waals surface area contributed by atoms with E-state index in [9.17, 15) is 4.79 Å². The van der Waals surface area contributed by atoms with Crippen molar-refractivity contribution in [2.75, 3.05) is 0 Å². The Kier molecular flexibility index (Phi) is 2.93. The number of nitrogens with zero attached hydrogens (tertiary/aromatic N) is 1. The highest BCUT2D eigenvalue weighted by Gasteiger charge is 2.00. The van der Waals surface area contributed by atoms with Gasteiger partial charge in [0, 0.05) is 0 Å². The van der Waals surface area contributed by atoms with Crippen molar-refractivity contribution in [2.45, 2.75) is 12.8 Å². The normalized spacial score (nSPS) is 10.1. The van der Waals surface area contributed by atoms with Crippen LogP contribution in [0.25, 0.3) is 0 Å². The van der Waals surface area contributed by atoms with E-state index in [1.165, 1.54) is 5.56 Å². The Morgan fingerprint density at radius 1 is 1.20 bits per heavy atom. The zero-order valence-electron chi connectivity index (χ0n) is 8.23. The molecule has 0 aliphatic heterocycles. The van der Waals surface area contributed by atoms with Crippen LogP contribution in [0.3, 0.4) is 0 Å². The Morgan fingerprint density at radius 3 is 2.67 bits per heavy atom. The number of H-pyrrole nitrogens is 1. The Bertz CT molecular complexity index is 434. The van der Waals surface area contributed by atoms with Crippen LogP contribution in [0, 0.1) is 0 Å². The van der Waals surface area contributed by atoms with Gasteiger partial charge in [-0.3, -0.25) is 9.89 Å². The van der Waals surface area contributed by atoms with E-state index in [4.69, 9.17) is 0 Å². The first-order valence-corrected chi connectivity index (χ1v) is 4.85. The van der Waals surface area contributed by atoms with Gasteiger partial charge in [-0.25, -0.2) is 0 Å². The second-order valence-corrected chi connectivity index (χ2v) is 3.36. The van der Waals surface area contributed by atoms with E-state index < -0.39 is 0 Å². The molecule has 0 bridgehead atoms. The highest BCUT2D eigenvalue weighted by molar-refractivity contribution is 5.72. The number of hydrogen-bond donors (Lipinski definition) is 1. The first kappa shape index (κ1) is 9.65. The van der Waals surface area contributed by atoms with E-state index in [0.717, 1.165) is 18.5 Å². The van der Waals surface area contributed by atoms with Gasteiger partial charge in [-0.2, -0.15) is 5.10 Å². The molecule has 0 aliphatic carbocycles. The van der Waals surface area contributed by atoms with Crippen molar-refractivity contribution >= 4 is 6.29 Å². The first-order chi connectivity index (χ1) is 7.38. The second-order valence-electron chi connectivity index (χ2n) is 3.36. The number of aromatic amines is 1. The molecular weight excluding hydrogens is 188 g/mol. The van der Waals surface area contributed by atoms with Crippen LogP contribution in [0.4, 0.5) is 0 Å². The molecule has 1 radical (unpaired) electrons. The zero-order chi connectivity index (χ0) is 10.5. The quantitative estimate of drug-likeness (QED) is 0.813. The van der Waals surface area contributed by atoms with Crippen molar-refractivity contribution in [1.82, 2.24) is 10.2 Å². The number of rotatable bonds is 4. The SMILES string of the molecule is O=[C]c1cc(CCc2ccccc2)n[nH]1. The molecule has 2 aromatic rings. The van der Waals surface area contributed by atoms with Crippen LogP contribution in [-0.4, -0.2) is 16.5 Å². The number of aromatic nitrogens is 2. The topological polar surface area (TPSA) is 45.8 Å². The minimum atomic E-state index is 0.415. The lowest BCUT2D eigenvalue weighted by atomic mass is 10.1. The van der Waals surface area contributed by atoms with Gasteiger partial charge in [0.2, 0.25) is 0 Å². The lowest BCUT2D eigenvalue weighted by Gasteiger charge is -1.97. The fraction of sp³-hybridized carbons (Fsp3) is 0.167.